The molecule has 0 saturated carbocycles. The molecule has 50 valence electrons. The van der Waals surface area contributed by atoms with E-state index in [0.717, 1.165) is 16.5 Å². The molecule has 0 saturated heterocycles. The standard InChI is InChI=1S/C6H7INO/c9-5-8-6-2-1-3-7-4-6/h2H,1,3-4H2/q-1. The average Bonchev–Trinajstić information content (AvgIpc) is 1.91. The minimum absolute atomic E-state index is 0.321. The predicted molar refractivity (Wildman–Crippen MR) is 30.6 cm³/mol. The van der Waals surface area contributed by atoms with Gasteiger partial charge >= 0.3 is 64.1 Å². The van der Waals surface area contributed by atoms with Crippen molar-refractivity contribution in [3.8, 4) is 0 Å². The van der Waals surface area contributed by atoms with Crippen LogP contribution < -0.4 is 21.2 Å². The average molecular weight is 236 g/mol. The second kappa shape index (κ2) is 3.80. The van der Waals surface area contributed by atoms with E-state index in [1.807, 2.05) is 6.08 Å². The number of halogens is 1. The second-order valence-corrected chi connectivity index (χ2v) is 4.62. The Bertz CT molecular complexity index is 170. The normalized spacial score (nSPS) is 18.9. The molecule has 1 aliphatic rings. The first-order chi connectivity index (χ1) is 4.43. The molecule has 0 aliphatic carbocycles. The molecule has 0 aromatic heterocycles. The molecule has 1 aliphatic heterocycles. The van der Waals surface area contributed by atoms with Crippen LogP contribution in [-0.2, 0) is 4.79 Å². The molecule has 0 aromatic carbocycles. The molecule has 1 rings (SSSR count). The summed E-state index contributed by atoms with van der Waals surface area (Å²) in [6.07, 6.45) is 4.72. The summed E-state index contributed by atoms with van der Waals surface area (Å²) < 4.78 is 2.41. The number of hydrogen-bond donors (Lipinski definition) is 0. The van der Waals surface area contributed by atoms with E-state index >= 15 is 0 Å². The van der Waals surface area contributed by atoms with Gasteiger partial charge in [0, 0.05) is 0 Å². The van der Waals surface area contributed by atoms with Crippen molar-refractivity contribution < 1.29 is 26.0 Å². The second-order valence-electron chi connectivity index (χ2n) is 1.70. The Morgan fingerprint density at radius 1 is 1.78 bits per heavy atom. The van der Waals surface area contributed by atoms with Gasteiger partial charge in [-0.1, -0.05) is 0 Å². The third-order valence-corrected chi connectivity index (χ3v) is 3.75. The van der Waals surface area contributed by atoms with E-state index in [4.69, 9.17) is 0 Å². The third-order valence-electron chi connectivity index (χ3n) is 1.04. The van der Waals surface area contributed by atoms with Crippen molar-refractivity contribution >= 4 is 6.08 Å². The third kappa shape index (κ3) is 2.28. The molecule has 3 heteroatoms. The zero-order valence-corrected chi connectivity index (χ0v) is 7.09. The molecule has 9 heavy (non-hydrogen) atoms. The van der Waals surface area contributed by atoms with Gasteiger partial charge in [0.1, 0.15) is 0 Å². The van der Waals surface area contributed by atoms with E-state index in [1.165, 1.54) is 4.43 Å². The Morgan fingerprint density at radius 3 is 3.22 bits per heavy atom. The molecule has 0 N–H and O–H groups in total. The topological polar surface area (TPSA) is 29.4 Å². The monoisotopic (exact) mass is 236 g/mol. The van der Waals surface area contributed by atoms with Gasteiger partial charge in [-0.15, -0.1) is 0 Å². The number of nitrogens with zero attached hydrogens (tertiary/aromatic N) is 1. The number of aliphatic imine (C=N–C) groups is 1. The Hall–Kier alpha value is -0.150. The molecule has 0 amide bonds. The summed E-state index contributed by atoms with van der Waals surface area (Å²) in [5.41, 5.74) is 0.962. The van der Waals surface area contributed by atoms with Crippen LogP contribution in [0.4, 0.5) is 0 Å². The van der Waals surface area contributed by atoms with Crippen LogP contribution in [0.2, 0.25) is 0 Å². The summed E-state index contributed by atoms with van der Waals surface area (Å²) in [4.78, 5) is 13.3. The van der Waals surface area contributed by atoms with Gasteiger partial charge in [-0.25, -0.2) is 0 Å². The Balaban J connectivity index is 2.56. The number of carbonyl (C=O) groups excluding carboxylic acids is 1. The Labute approximate surface area is 64.3 Å². The predicted octanol–water partition coefficient (Wildman–Crippen LogP) is -2.30. The molecular formula is C6H7INO-. The quantitative estimate of drug-likeness (QED) is 0.218. The number of alkyl halides is 2. The van der Waals surface area contributed by atoms with Gasteiger partial charge in [-0.2, -0.15) is 0 Å². The number of isocyanates is 1. The van der Waals surface area contributed by atoms with E-state index in [9.17, 15) is 4.79 Å². The summed E-state index contributed by atoms with van der Waals surface area (Å²) >= 11 is 0.321. The zero-order valence-electron chi connectivity index (χ0n) is 4.93. The van der Waals surface area contributed by atoms with Crippen molar-refractivity contribution in [2.45, 2.75) is 6.42 Å². The summed E-state index contributed by atoms with van der Waals surface area (Å²) in [7, 11) is 0. The maximum absolute atomic E-state index is 9.75. The first-order valence-corrected chi connectivity index (χ1v) is 5.79. The number of rotatable bonds is 1. The van der Waals surface area contributed by atoms with Crippen molar-refractivity contribution in [2.75, 3.05) is 8.86 Å². The van der Waals surface area contributed by atoms with Crippen LogP contribution in [0.1, 0.15) is 6.42 Å². The molecule has 0 unspecified atom stereocenters. The van der Waals surface area contributed by atoms with Gasteiger partial charge < -0.3 is 0 Å². The van der Waals surface area contributed by atoms with E-state index in [2.05, 4.69) is 4.99 Å². The number of allylic oxidation sites excluding steroid dienone is 2. The molecule has 0 aromatic rings. The van der Waals surface area contributed by atoms with Gasteiger partial charge in [-0.05, 0) is 0 Å². The molecule has 0 radical (unpaired) electrons. The zero-order chi connectivity index (χ0) is 6.53. The SMILES string of the molecule is O=C=NC1=CCC[I-]C1. The first kappa shape index (κ1) is 6.96. The van der Waals surface area contributed by atoms with Crippen molar-refractivity contribution in [2.24, 2.45) is 4.99 Å². The van der Waals surface area contributed by atoms with Crippen LogP contribution in [0.25, 0.3) is 0 Å². The van der Waals surface area contributed by atoms with Crippen LogP contribution in [0.5, 0.6) is 0 Å². The van der Waals surface area contributed by atoms with Crippen molar-refractivity contribution in [3.63, 3.8) is 0 Å². The summed E-state index contributed by atoms with van der Waals surface area (Å²) in [6.45, 7) is 0. The van der Waals surface area contributed by atoms with Gasteiger partial charge in [0.05, 0.1) is 0 Å². The fourth-order valence-corrected chi connectivity index (χ4v) is 2.82. The molecule has 0 spiro atoms. The Kier molecular flexibility index (Phi) is 2.94. The maximum atomic E-state index is 9.75. The minimum atomic E-state index is 0.321. The van der Waals surface area contributed by atoms with Crippen LogP contribution >= 0.6 is 0 Å². The molecule has 0 fully saturated rings. The van der Waals surface area contributed by atoms with Gasteiger partial charge in [-0.3, -0.25) is 0 Å². The van der Waals surface area contributed by atoms with Gasteiger partial charge in [0.25, 0.3) is 0 Å². The van der Waals surface area contributed by atoms with E-state index < -0.39 is 0 Å². The van der Waals surface area contributed by atoms with Crippen LogP contribution in [0.15, 0.2) is 16.8 Å². The summed E-state index contributed by atoms with van der Waals surface area (Å²) in [6, 6.07) is 0. The molecular weight excluding hydrogens is 229 g/mol. The van der Waals surface area contributed by atoms with Crippen molar-refractivity contribution in [1.29, 1.82) is 0 Å². The van der Waals surface area contributed by atoms with Crippen LogP contribution in [-0.4, -0.2) is 14.9 Å². The fourth-order valence-electron chi connectivity index (χ4n) is 0.651. The molecule has 2 nitrogen and oxygen atoms in total. The van der Waals surface area contributed by atoms with Crippen molar-refractivity contribution in [1.82, 2.24) is 0 Å². The molecule has 0 bridgehead atoms. The van der Waals surface area contributed by atoms with Gasteiger partial charge in [0.15, 0.2) is 0 Å². The number of hydrogen-bond acceptors (Lipinski definition) is 2. The fraction of sp³-hybridized carbons (Fsp3) is 0.500. The van der Waals surface area contributed by atoms with Gasteiger partial charge in [0.2, 0.25) is 0 Å². The summed E-state index contributed by atoms with van der Waals surface area (Å²) in [5.74, 6) is 0. The first-order valence-electron chi connectivity index (χ1n) is 2.74. The molecule has 0 atom stereocenters. The van der Waals surface area contributed by atoms with Crippen LogP contribution in [0.3, 0.4) is 0 Å². The van der Waals surface area contributed by atoms with Crippen molar-refractivity contribution in [3.05, 3.63) is 11.8 Å². The van der Waals surface area contributed by atoms with E-state index in [-0.39, 0.29) is 0 Å². The van der Waals surface area contributed by atoms with Crippen LogP contribution in [0, 0.1) is 0 Å². The van der Waals surface area contributed by atoms with E-state index in [1.54, 1.807) is 6.08 Å². The summed E-state index contributed by atoms with van der Waals surface area (Å²) in [5, 5.41) is 0. The van der Waals surface area contributed by atoms with E-state index in [0.29, 0.717) is 21.2 Å². The Morgan fingerprint density at radius 2 is 2.67 bits per heavy atom. The molecule has 1 heterocycles.